The molecule has 0 fully saturated rings. The summed E-state index contributed by atoms with van der Waals surface area (Å²) in [5.41, 5.74) is -2.15. The van der Waals surface area contributed by atoms with Gasteiger partial charge < -0.3 is 0 Å². The number of rotatable bonds is 6. The molecule has 0 N–H and O–H groups in total. The highest BCUT2D eigenvalue weighted by Crippen LogP contribution is 2.44. The molecule has 7 aromatic rings. The van der Waals surface area contributed by atoms with Crippen LogP contribution in [-0.4, -0.2) is 21.3 Å². The van der Waals surface area contributed by atoms with Crippen LogP contribution in [0.4, 0.5) is 0 Å². The van der Waals surface area contributed by atoms with Crippen molar-refractivity contribution in [1.29, 1.82) is 0 Å². The Morgan fingerprint density at radius 1 is 0.364 bits per heavy atom. The molecule has 2 heterocycles. The fraction of sp³-hybridized carbons (Fsp3) is 0. The van der Waals surface area contributed by atoms with Gasteiger partial charge in [0.25, 0.3) is 22.2 Å². The first-order chi connectivity index (χ1) is 21.3. The molecule has 0 aliphatic carbocycles. The van der Waals surface area contributed by atoms with E-state index in [9.17, 15) is 19.2 Å². The third-order valence-corrected chi connectivity index (χ3v) is 15.0. The first-order valence-corrected chi connectivity index (χ1v) is 17.8. The highest BCUT2D eigenvalue weighted by atomic mass is 31.2. The maximum Gasteiger partial charge on any atom is 0.265 e. The highest BCUT2D eigenvalue weighted by Gasteiger charge is 2.31. The van der Waals surface area contributed by atoms with E-state index in [2.05, 4.69) is 12.6 Å². The molecule has 2 aromatic heterocycles. The van der Waals surface area contributed by atoms with E-state index >= 15 is 0 Å². The molecular formula is C36H26N2O4P2. The smallest absolute Gasteiger partial charge is 0.265 e. The van der Waals surface area contributed by atoms with Crippen molar-refractivity contribution in [3.05, 3.63) is 175 Å². The largest absolute Gasteiger partial charge is 0.268 e. The van der Waals surface area contributed by atoms with Gasteiger partial charge in [0, 0.05) is 14.1 Å². The predicted molar refractivity (Wildman–Crippen MR) is 188 cm³/mol. The summed E-state index contributed by atoms with van der Waals surface area (Å²) in [6.45, 7) is 0. The van der Waals surface area contributed by atoms with Gasteiger partial charge in [-0.25, -0.2) is 8.68 Å². The number of hydrogen-bond donors (Lipinski definition) is 0. The molecule has 0 radical (unpaired) electrons. The van der Waals surface area contributed by atoms with E-state index in [1.165, 1.54) is 20.8 Å². The van der Waals surface area contributed by atoms with Crippen LogP contribution in [0.2, 0.25) is 0 Å². The van der Waals surface area contributed by atoms with Gasteiger partial charge in [-0.1, -0.05) is 134 Å². The van der Waals surface area contributed by atoms with Gasteiger partial charge in [0.15, 0.2) is 0 Å². The summed E-state index contributed by atoms with van der Waals surface area (Å²) in [6.07, 6.45) is 9.09. The van der Waals surface area contributed by atoms with Crippen LogP contribution in [0.15, 0.2) is 153 Å². The molecule has 0 amide bonds. The zero-order valence-corrected chi connectivity index (χ0v) is 25.3. The van der Waals surface area contributed by atoms with Gasteiger partial charge in [-0.3, -0.25) is 19.2 Å². The van der Waals surface area contributed by atoms with Gasteiger partial charge in [0.05, 0.1) is 21.5 Å². The van der Waals surface area contributed by atoms with E-state index in [1.807, 2.05) is 121 Å². The summed E-state index contributed by atoms with van der Waals surface area (Å²) in [7, 11) is -5.97. The summed E-state index contributed by atoms with van der Waals surface area (Å²) in [4.78, 5) is 56.8. The Kier molecular flexibility index (Phi) is 6.51. The Morgan fingerprint density at radius 3 is 0.773 bits per heavy atom. The van der Waals surface area contributed by atoms with E-state index in [-0.39, 0.29) is 21.5 Å². The Bertz CT molecular complexity index is 2170. The average molecular weight is 613 g/mol. The molecule has 0 bridgehead atoms. The van der Waals surface area contributed by atoms with Gasteiger partial charge in [-0.05, 0) is 33.4 Å². The van der Waals surface area contributed by atoms with Crippen molar-refractivity contribution in [2.75, 3.05) is 0 Å². The number of fused-ring (bicyclic) bond motifs is 2. The molecule has 6 nitrogen and oxygen atoms in total. The van der Waals surface area contributed by atoms with Gasteiger partial charge in [0.1, 0.15) is 0 Å². The van der Waals surface area contributed by atoms with Crippen molar-refractivity contribution in [3.8, 4) is 0 Å². The van der Waals surface area contributed by atoms with Gasteiger partial charge in [0.2, 0.25) is 0 Å². The number of benzene rings is 5. The molecular weight excluding hydrogens is 586 g/mol. The van der Waals surface area contributed by atoms with Gasteiger partial charge in [-0.2, -0.15) is 0 Å². The van der Waals surface area contributed by atoms with Crippen LogP contribution in [-0.2, 0) is 0 Å². The third-order valence-electron chi connectivity index (χ3n) is 8.26. The van der Waals surface area contributed by atoms with E-state index in [4.69, 9.17) is 0 Å². The van der Waals surface area contributed by atoms with Crippen molar-refractivity contribution in [2.45, 2.75) is 0 Å². The minimum atomic E-state index is -2.99. The molecule has 44 heavy (non-hydrogen) atoms. The Labute approximate surface area is 252 Å². The van der Waals surface area contributed by atoms with E-state index in [0.717, 1.165) is 21.2 Å². The van der Waals surface area contributed by atoms with Crippen molar-refractivity contribution in [3.63, 3.8) is 0 Å². The first kappa shape index (κ1) is 27.8. The predicted octanol–water partition coefficient (Wildman–Crippen LogP) is 3.64. The minimum Gasteiger partial charge on any atom is -0.268 e. The molecule has 7 rings (SSSR count). The average Bonchev–Trinajstić information content (AvgIpc) is 3.48. The molecule has 8 heteroatoms. The zero-order chi connectivity index (χ0) is 30.6. The zero-order valence-electron chi connectivity index (χ0n) is 23.5. The summed E-state index contributed by atoms with van der Waals surface area (Å²) in [6, 6.07) is 40.0. The highest BCUT2D eigenvalue weighted by molar-refractivity contribution is 7.86. The van der Waals surface area contributed by atoms with Crippen LogP contribution in [0.3, 0.4) is 0 Å². The second-order valence-electron chi connectivity index (χ2n) is 10.7. The lowest BCUT2D eigenvalue weighted by Gasteiger charge is -2.26. The van der Waals surface area contributed by atoms with Crippen LogP contribution in [0.5, 0.6) is 0 Å². The lowest BCUT2D eigenvalue weighted by atomic mass is 10.1. The molecule has 0 saturated carbocycles. The number of aromatic nitrogens is 2. The van der Waals surface area contributed by atoms with Crippen molar-refractivity contribution in [2.24, 2.45) is 0 Å². The maximum absolute atomic E-state index is 14.2. The molecule has 0 atom stereocenters. The third kappa shape index (κ3) is 3.89. The fourth-order valence-electron chi connectivity index (χ4n) is 6.03. The Morgan fingerprint density at radius 2 is 0.568 bits per heavy atom. The summed E-state index contributed by atoms with van der Waals surface area (Å²) >= 11 is 0. The number of nitrogens with zero attached hydrogens (tertiary/aromatic N) is 2. The molecule has 214 valence electrons. The molecule has 0 saturated heterocycles. The van der Waals surface area contributed by atoms with Crippen LogP contribution in [0.1, 0.15) is 0 Å². The van der Waals surface area contributed by atoms with Gasteiger partial charge >= 0.3 is 0 Å². The molecule has 0 aliphatic heterocycles. The number of hydrogen-bond acceptors (Lipinski definition) is 4. The van der Waals surface area contributed by atoms with Crippen molar-refractivity contribution >= 4 is 69.4 Å². The van der Waals surface area contributed by atoms with Gasteiger partial charge in [-0.15, -0.1) is 0 Å². The van der Waals surface area contributed by atoms with Crippen molar-refractivity contribution < 1.29 is 0 Å². The Balaban J connectivity index is 1.55. The van der Waals surface area contributed by atoms with E-state index in [0.29, 0.717) is 0 Å². The maximum atomic E-state index is 14.2. The van der Waals surface area contributed by atoms with Crippen LogP contribution in [0.25, 0.3) is 21.5 Å². The lowest BCUT2D eigenvalue weighted by molar-refractivity contribution is 1.14. The monoisotopic (exact) mass is 612 g/mol. The van der Waals surface area contributed by atoms with Crippen LogP contribution >= 0.6 is 14.1 Å². The van der Waals surface area contributed by atoms with Crippen LogP contribution < -0.4 is 43.5 Å². The quantitative estimate of drug-likeness (QED) is 0.269. The minimum absolute atomic E-state index is 0.0871. The second kappa shape index (κ2) is 10.3. The SMILES string of the molecule is C=P(c1ccccc1)(c1ccccc1)n1c(=O)c2cc3c(=O)n(P(=C)(c4ccccc4)c4ccccc4)c(=O)c3cc2c1=O. The molecule has 5 aromatic carbocycles. The fourth-order valence-corrected chi connectivity index (χ4v) is 11.9. The van der Waals surface area contributed by atoms with E-state index < -0.39 is 36.3 Å². The summed E-state index contributed by atoms with van der Waals surface area (Å²) in [5.74, 6) is 0. The summed E-state index contributed by atoms with van der Waals surface area (Å²) in [5, 5.41) is 3.36. The molecule has 0 aliphatic rings. The molecule has 0 spiro atoms. The lowest BCUT2D eigenvalue weighted by Crippen LogP contribution is -2.34. The second-order valence-corrected chi connectivity index (χ2v) is 16.6. The molecule has 0 unspecified atom stereocenters. The first-order valence-electron chi connectivity index (χ1n) is 13.9. The van der Waals surface area contributed by atoms with Crippen LogP contribution in [0, 0.1) is 0 Å². The standard InChI is InChI=1S/C36H26N2O4P2/c1-43(25-15-7-3-8-16-25,26-17-9-4-10-18-26)37-33(39)29-23-31-32(24-30(29)34(37)40)36(42)38(35(31)41)44(2,27-19-11-5-12-20-27)28-21-13-6-14-22-28/h3-24H,1-2H2. The Hall–Kier alpha value is -5.02. The normalized spacial score (nSPS) is 12.2. The summed E-state index contributed by atoms with van der Waals surface area (Å²) < 4.78 is 2.49. The topological polar surface area (TPSA) is 78.1 Å². The van der Waals surface area contributed by atoms with E-state index in [1.54, 1.807) is 0 Å². The van der Waals surface area contributed by atoms with Crippen molar-refractivity contribution in [1.82, 2.24) is 8.68 Å².